The summed E-state index contributed by atoms with van der Waals surface area (Å²) in [6, 6.07) is 22.8. The average Bonchev–Trinajstić information content (AvgIpc) is 2.98. The number of halogens is 1. The molecule has 1 heterocycles. The molecule has 0 unspecified atom stereocenters. The second-order valence-corrected chi connectivity index (χ2v) is 11.5. The molecule has 0 amide bonds. The molecule has 0 aromatic heterocycles. The lowest BCUT2D eigenvalue weighted by Crippen LogP contribution is -2.60. The van der Waals surface area contributed by atoms with Crippen molar-refractivity contribution in [2.24, 2.45) is 0 Å². The highest BCUT2D eigenvalue weighted by atomic mass is 127. The molecule has 1 fully saturated rings. The Morgan fingerprint density at radius 3 is 2.20 bits per heavy atom. The Labute approximate surface area is 251 Å². The number of hydrogen-bond donors (Lipinski definition) is 1. The number of thioether (sulfide) groups is 1. The maximum absolute atomic E-state index is 13.0. The van der Waals surface area contributed by atoms with E-state index in [1.54, 1.807) is 61.7 Å². The van der Waals surface area contributed by atoms with Crippen LogP contribution < -0.4 is 4.74 Å². The van der Waals surface area contributed by atoms with Crippen LogP contribution >= 0.6 is 34.4 Å². The van der Waals surface area contributed by atoms with E-state index in [1.165, 1.54) is 11.8 Å². The van der Waals surface area contributed by atoms with Gasteiger partial charge in [-0.2, -0.15) is 0 Å². The minimum Gasteiger partial charge on any atom is -0.496 e. The van der Waals surface area contributed by atoms with E-state index in [1.807, 2.05) is 31.2 Å². The zero-order chi connectivity index (χ0) is 28.5. The van der Waals surface area contributed by atoms with Crippen LogP contribution in [0, 0.1) is 3.57 Å². The van der Waals surface area contributed by atoms with Gasteiger partial charge in [0.05, 0.1) is 28.4 Å². The van der Waals surface area contributed by atoms with Gasteiger partial charge in [0.15, 0.2) is 6.10 Å². The summed E-state index contributed by atoms with van der Waals surface area (Å²) < 4.78 is 30.1. The minimum absolute atomic E-state index is 0.140. The van der Waals surface area contributed by atoms with E-state index in [4.69, 9.17) is 23.7 Å². The highest BCUT2D eigenvalue weighted by Crippen LogP contribution is 2.34. The van der Waals surface area contributed by atoms with E-state index in [2.05, 4.69) is 22.6 Å². The highest BCUT2D eigenvalue weighted by molar-refractivity contribution is 14.1. The van der Waals surface area contributed by atoms with Gasteiger partial charge in [-0.3, -0.25) is 0 Å². The zero-order valence-electron chi connectivity index (χ0n) is 22.1. The van der Waals surface area contributed by atoms with E-state index in [-0.39, 0.29) is 13.2 Å². The summed E-state index contributed by atoms with van der Waals surface area (Å²) in [5, 5.41) is 11.4. The van der Waals surface area contributed by atoms with Gasteiger partial charge in [-0.15, -0.1) is 11.8 Å². The number of aliphatic hydroxyl groups is 1. The Balaban J connectivity index is 1.55. The number of esters is 2. The SMILES string of the molecule is CCS[C@@H]1O[C@H](COC(=O)c2ccccc2)[C@H](O)[C@H](OCc2ccc(OC)c(I)c2)[C@H]1OC(=O)c1ccccc1. The second-order valence-electron chi connectivity index (χ2n) is 8.93. The van der Waals surface area contributed by atoms with E-state index >= 15 is 0 Å². The first kappa shape index (κ1) is 30.3. The van der Waals surface area contributed by atoms with Crippen LogP contribution in [0.25, 0.3) is 0 Å². The van der Waals surface area contributed by atoms with Gasteiger partial charge >= 0.3 is 11.9 Å². The van der Waals surface area contributed by atoms with Crippen LogP contribution in [0.3, 0.4) is 0 Å². The summed E-state index contributed by atoms with van der Waals surface area (Å²) in [5.41, 5.74) is 0.953. The molecule has 0 spiro atoms. The molecular formula is C30H31IO8S. The molecule has 0 radical (unpaired) electrons. The van der Waals surface area contributed by atoms with E-state index in [9.17, 15) is 14.7 Å². The van der Waals surface area contributed by atoms with Gasteiger partial charge in [0.1, 0.15) is 36.1 Å². The van der Waals surface area contributed by atoms with Crippen LogP contribution in [0.1, 0.15) is 33.2 Å². The predicted octanol–water partition coefficient (Wildman–Crippen LogP) is 5.11. The number of methoxy groups -OCH3 is 1. The molecule has 40 heavy (non-hydrogen) atoms. The maximum atomic E-state index is 13.0. The second kappa shape index (κ2) is 14.8. The molecule has 8 nitrogen and oxygen atoms in total. The van der Waals surface area contributed by atoms with Crippen LogP contribution in [0.5, 0.6) is 5.75 Å². The molecule has 0 bridgehead atoms. The number of benzene rings is 3. The molecular weight excluding hydrogens is 647 g/mol. The zero-order valence-corrected chi connectivity index (χ0v) is 25.1. The minimum atomic E-state index is -1.25. The molecule has 10 heteroatoms. The number of carbonyl (C=O) groups is 2. The topological polar surface area (TPSA) is 101 Å². The first-order valence-electron chi connectivity index (χ1n) is 12.8. The lowest BCUT2D eigenvalue weighted by molar-refractivity contribution is -0.223. The Bertz CT molecular complexity index is 1260. The molecule has 1 N–H and O–H groups in total. The molecule has 3 aromatic rings. The van der Waals surface area contributed by atoms with Gasteiger partial charge in [-0.25, -0.2) is 9.59 Å². The quantitative estimate of drug-likeness (QED) is 0.219. The largest absolute Gasteiger partial charge is 0.496 e. The number of carbonyl (C=O) groups excluding carboxylic acids is 2. The molecule has 1 aliphatic rings. The standard InChI is InChI=1S/C30H31IO8S/c1-3-40-30-27(39-29(34)21-12-8-5-9-13-21)26(36-17-19-14-15-23(35-2)22(31)16-19)25(32)24(38-30)18-37-28(33)20-10-6-4-7-11-20/h4-16,24-27,30,32H,3,17-18H2,1-2H3/t24-,25+,26+,27-,30+/m1/s1. The fourth-order valence-electron chi connectivity index (χ4n) is 4.22. The molecule has 0 saturated carbocycles. The number of ether oxygens (including phenoxy) is 5. The van der Waals surface area contributed by atoms with Crippen molar-refractivity contribution in [2.75, 3.05) is 19.5 Å². The van der Waals surface area contributed by atoms with Crippen LogP contribution in [-0.4, -0.2) is 66.4 Å². The lowest BCUT2D eigenvalue weighted by Gasteiger charge is -2.43. The van der Waals surface area contributed by atoms with Gasteiger partial charge in [0.25, 0.3) is 0 Å². The summed E-state index contributed by atoms with van der Waals surface area (Å²) >= 11 is 3.60. The molecule has 0 aliphatic carbocycles. The van der Waals surface area contributed by atoms with Crippen molar-refractivity contribution in [3.05, 3.63) is 99.1 Å². The van der Waals surface area contributed by atoms with Crippen molar-refractivity contribution in [2.45, 2.75) is 43.4 Å². The number of rotatable bonds is 11. The smallest absolute Gasteiger partial charge is 0.338 e. The molecule has 3 aromatic carbocycles. The maximum Gasteiger partial charge on any atom is 0.338 e. The van der Waals surface area contributed by atoms with Gasteiger partial charge < -0.3 is 28.8 Å². The molecule has 4 rings (SSSR count). The lowest BCUT2D eigenvalue weighted by atomic mass is 9.99. The average molecular weight is 679 g/mol. The van der Waals surface area contributed by atoms with Gasteiger partial charge in [0.2, 0.25) is 0 Å². The first-order valence-corrected chi connectivity index (χ1v) is 14.9. The van der Waals surface area contributed by atoms with Crippen LogP contribution in [0.15, 0.2) is 78.9 Å². The number of hydrogen-bond acceptors (Lipinski definition) is 9. The molecule has 1 saturated heterocycles. The van der Waals surface area contributed by atoms with E-state index < -0.39 is 41.8 Å². The molecule has 1 aliphatic heterocycles. The Morgan fingerprint density at radius 1 is 0.950 bits per heavy atom. The van der Waals surface area contributed by atoms with Crippen LogP contribution in [0.4, 0.5) is 0 Å². The normalized spacial score (nSPS) is 22.4. The summed E-state index contributed by atoms with van der Waals surface area (Å²) in [6.45, 7) is 1.89. The monoisotopic (exact) mass is 678 g/mol. The van der Waals surface area contributed by atoms with Crippen LogP contribution in [0.2, 0.25) is 0 Å². The number of aliphatic hydroxyl groups excluding tert-OH is 1. The Morgan fingerprint density at radius 2 is 1.60 bits per heavy atom. The van der Waals surface area contributed by atoms with Crippen molar-refractivity contribution in [1.82, 2.24) is 0 Å². The van der Waals surface area contributed by atoms with Crippen LogP contribution in [-0.2, 0) is 25.6 Å². The highest BCUT2D eigenvalue weighted by Gasteiger charge is 2.49. The summed E-state index contributed by atoms with van der Waals surface area (Å²) in [5.74, 6) is 0.313. The Kier molecular flexibility index (Phi) is 11.2. The van der Waals surface area contributed by atoms with Crippen molar-refractivity contribution >= 4 is 46.3 Å². The Hall–Kier alpha value is -2.64. The van der Waals surface area contributed by atoms with Gasteiger partial charge in [-0.05, 0) is 70.3 Å². The summed E-state index contributed by atoms with van der Waals surface area (Å²) in [4.78, 5) is 25.6. The fourth-order valence-corrected chi connectivity index (χ4v) is 5.97. The third-order valence-corrected chi connectivity index (χ3v) is 8.13. The summed E-state index contributed by atoms with van der Waals surface area (Å²) in [6.07, 6.45) is -4.02. The predicted molar refractivity (Wildman–Crippen MR) is 159 cm³/mol. The van der Waals surface area contributed by atoms with Gasteiger partial charge in [0, 0.05) is 0 Å². The molecule has 212 valence electrons. The van der Waals surface area contributed by atoms with Crippen molar-refractivity contribution in [3.8, 4) is 5.75 Å². The fraction of sp³-hybridized carbons (Fsp3) is 0.333. The molecule has 5 atom stereocenters. The van der Waals surface area contributed by atoms with Crippen molar-refractivity contribution in [1.29, 1.82) is 0 Å². The van der Waals surface area contributed by atoms with Crippen molar-refractivity contribution < 1.29 is 38.4 Å². The van der Waals surface area contributed by atoms with Gasteiger partial charge in [-0.1, -0.05) is 49.4 Å². The van der Waals surface area contributed by atoms with E-state index in [0.29, 0.717) is 16.9 Å². The first-order chi connectivity index (χ1) is 19.4. The third-order valence-electron chi connectivity index (χ3n) is 6.25. The summed E-state index contributed by atoms with van der Waals surface area (Å²) in [7, 11) is 1.61. The third kappa shape index (κ3) is 7.76. The van der Waals surface area contributed by atoms with Crippen molar-refractivity contribution in [3.63, 3.8) is 0 Å². The van der Waals surface area contributed by atoms with E-state index in [0.717, 1.165) is 14.9 Å².